The lowest BCUT2D eigenvalue weighted by atomic mass is 10.0. The first-order valence-corrected chi connectivity index (χ1v) is 8.50. The Morgan fingerprint density at radius 1 is 0.889 bits per heavy atom. The Hall–Kier alpha value is -3.44. The van der Waals surface area contributed by atoms with E-state index in [-0.39, 0.29) is 5.91 Å². The number of hydrogen-bond donors (Lipinski definition) is 2. The summed E-state index contributed by atoms with van der Waals surface area (Å²) in [6, 6.07) is 22.0. The van der Waals surface area contributed by atoms with Crippen molar-refractivity contribution in [2.75, 3.05) is 11.9 Å². The predicted molar refractivity (Wildman–Crippen MR) is 105 cm³/mol. The molecule has 0 unspecified atom stereocenters. The number of carbonyl (C=O) groups is 2. The van der Waals surface area contributed by atoms with Gasteiger partial charge in [-0.3, -0.25) is 14.8 Å². The molecule has 0 saturated carbocycles. The molecule has 0 bridgehead atoms. The van der Waals surface area contributed by atoms with Gasteiger partial charge in [-0.25, -0.2) is 5.48 Å². The zero-order valence-electron chi connectivity index (χ0n) is 15.1. The third-order valence-corrected chi connectivity index (χ3v) is 4.50. The molecule has 0 aliphatic rings. The minimum Gasteiger partial charge on any atom is -0.311 e. The summed E-state index contributed by atoms with van der Waals surface area (Å²) in [6.45, 7) is 1.92. The molecule has 3 aromatic rings. The fourth-order valence-corrected chi connectivity index (χ4v) is 2.88. The van der Waals surface area contributed by atoms with Crippen molar-refractivity contribution in [3.63, 3.8) is 0 Å². The predicted octanol–water partition coefficient (Wildman–Crippen LogP) is 4.06. The molecule has 5 nitrogen and oxygen atoms in total. The van der Waals surface area contributed by atoms with Crippen molar-refractivity contribution in [2.45, 2.75) is 6.92 Å². The summed E-state index contributed by atoms with van der Waals surface area (Å²) in [5.41, 5.74) is 6.19. The van der Waals surface area contributed by atoms with Crippen LogP contribution in [-0.2, 0) is 0 Å². The molecule has 2 amide bonds. The zero-order chi connectivity index (χ0) is 19.4. The van der Waals surface area contributed by atoms with Gasteiger partial charge in [0.2, 0.25) is 0 Å². The molecular formula is C22H20N2O3. The van der Waals surface area contributed by atoms with Crippen molar-refractivity contribution >= 4 is 17.5 Å². The van der Waals surface area contributed by atoms with Crippen LogP contribution in [0.3, 0.4) is 0 Å². The van der Waals surface area contributed by atoms with Crippen LogP contribution < -0.4 is 10.4 Å². The van der Waals surface area contributed by atoms with Gasteiger partial charge in [0.15, 0.2) is 0 Å². The minimum atomic E-state index is -0.557. The van der Waals surface area contributed by atoms with Gasteiger partial charge in [0.25, 0.3) is 11.8 Å². The quantitative estimate of drug-likeness (QED) is 0.545. The molecular weight excluding hydrogens is 340 g/mol. The average Bonchev–Trinajstić information content (AvgIpc) is 2.72. The molecule has 0 saturated heterocycles. The second-order valence-corrected chi connectivity index (χ2v) is 6.25. The molecule has 136 valence electrons. The van der Waals surface area contributed by atoms with Crippen LogP contribution in [0.2, 0.25) is 0 Å². The Balaban J connectivity index is 1.88. The van der Waals surface area contributed by atoms with E-state index in [1.807, 2.05) is 55.5 Å². The molecule has 0 spiro atoms. The molecule has 0 aliphatic heterocycles. The maximum absolute atomic E-state index is 12.8. The second kappa shape index (κ2) is 7.85. The highest BCUT2D eigenvalue weighted by Crippen LogP contribution is 2.26. The van der Waals surface area contributed by atoms with Gasteiger partial charge in [-0.15, -0.1) is 0 Å². The number of nitrogens with zero attached hydrogens (tertiary/aromatic N) is 1. The fourth-order valence-electron chi connectivity index (χ4n) is 2.88. The number of anilines is 1. The van der Waals surface area contributed by atoms with Crippen molar-refractivity contribution in [1.29, 1.82) is 0 Å². The Bertz CT molecular complexity index is 981. The Morgan fingerprint density at radius 3 is 2.26 bits per heavy atom. The van der Waals surface area contributed by atoms with E-state index in [0.29, 0.717) is 11.1 Å². The van der Waals surface area contributed by atoms with Crippen molar-refractivity contribution in [1.82, 2.24) is 5.48 Å². The topological polar surface area (TPSA) is 69.6 Å². The minimum absolute atomic E-state index is 0.0692. The third-order valence-electron chi connectivity index (χ3n) is 4.50. The summed E-state index contributed by atoms with van der Waals surface area (Å²) in [4.78, 5) is 25.9. The molecule has 0 fully saturated rings. The van der Waals surface area contributed by atoms with Crippen molar-refractivity contribution < 1.29 is 14.8 Å². The molecule has 0 atom stereocenters. The first-order valence-electron chi connectivity index (χ1n) is 8.50. The second-order valence-electron chi connectivity index (χ2n) is 6.25. The number of amides is 2. The van der Waals surface area contributed by atoms with Crippen LogP contribution in [0.5, 0.6) is 0 Å². The fraction of sp³-hybridized carbons (Fsp3) is 0.0909. The van der Waals surface area contributed by atoms with Gasteiger partial charge in [0.1, 0.15) is 0 Å². The molecule has 2 N–H and O–H groups in total. The van der Waals surface area contributed by atoms with Crippen LogP contribution in [0.1, 0.15) is 26.3 Å². The lowest BCUT2D eigenvalue weighted by Gasteiger charge is -2.19. The van der Waals surface area contributed by atoms with Crippen molar-refractivity contribution in [3.8, 4) is 11.1 Å². The van der Waals surface area contributed by atoms with E-state index in [0.717, 1.165) is 22.4 Å². The normalized spacial score (nSPS) is 10.3. The number of carbonyl (C=O) groups excluding carboxylic acids is 2. The highest BCUT2D eigenvalue weighted by Gasteiger charge is 2.15. The number of benzene rings is 3. The van der Waals surface area contributed by atoms with Gasteiger partial charge in [0.05, 0.1) is 0 Å². The van der Waals surface area contributed by atoms with Crippen LogP contribution in [-0.4, -0.2) is 24.1 Å². The first kappa shape index (κ1) is 18.4. The van der Waals surface area contributed by atoms with Crippen LogP contribution in [0.25, 0.3) is 11.1 Å². The summed E-state index contributed by atoms with van der Waals surface area (Å²) in [5.74, 6) is -0.626. The summed E-state index contributed by atoms with van der Waals surface area (Å²) in [7, 11) is 1.75. The van der Waals surface area contributed by atoms with Gasteiger partial charge in [-0.05, 0) is 53.9 Å². The van der Waals surface area contributed by atoms with E-state index in [4.69, 9.17) is 5.21 Å². The number of aryl methyl sites for hydroxylation is 1. The first-order chi connectivity index (χ1) is 13.0. The summed E-state index contributed by atoms with van der Waals surface area (Å²) in [6.07, 6.45) is 0. The summed E-state index contributed by atoms with van der Waals surface area (Å²) < 4.78 is 0. The molecule has 0 radical (unpaired) electrons. The molecule has 3 aromatic carbocycles. The molecule has 27 heavy (non-hydrogen) atoms. The lowest BCUT2D eigenvalue weighted by molar-refractivity contribution is 0.0706. The smallest absolute Gasteiger partial charge is 0.274 e. The highest BCUT2D eigenvalue weighted by atomic mass is 16.5. The maximum atomic E-state index is 12.8. The van der Waals surface area contributed by atoms with Crippen LogP contribution >= 0.6 is 0 Å². The van der Waals surface area contributed by atoms with E-state index in [2.05, 4.69) is 0 Å². The average molecular weight is 360 g/mol. The van der Waals surface area contributed by atoms with E-state index < -0.39 is 5.91 Å². The molecule has 5 heteroatoms. The number of hydroxylamine groups is 1. The number of rotatable bonds is 4. The van der Waals surface area contributed by atoms with Crippen molar-refractivity contribution in [2.24, 2.45) is 0 Å². The third kappa shape index (κ3) is 3.88. The number of hydrogen-bond acceptors (Lipinski definition) is 3. The SMILES string of the molecule is Cc1ccccc1C(=O)N(C)c1cccc(-c2ccc(C(=O)NO)cc2)c1. The summed E-state index contributed by atoms with van der Waals surface area (Å²) in [5, 5.41) is 8.70. The van der Waals surface area contributed by atoms with Crippen LogP contribution in [0, 0.1) is 6.92 Å². The lowest BCUT2D eigenvalue weighted by Crippen LogP contribution is -2.26. The van der Waals surface area contributed by atoms with Gasteiger partial charge in [0, 0.05) is 23.9 Å². The standard InChI is InChI=1S/C22H20N2O3/c1-15-6-3-4-9-20(15)22(26)24(2)19-8-5-7-18(14-19)16-10-12-17(13-11-16)21(25)23-27/h3-14,27H,1-2H3,(H,23,25). The monoisotopic (exact) mass is 360 g/mol. The number of nitrogens with one attached hydrogen (secondary N) is 1. The Morgan fingerprint density at radius 2 is 1.59 bits per heavy atom. The zero-order valence-corrected chi connectivity index (χ0v) is 15.1. The van der Waals surface area contributed by atoms with Gasteiger partial charge in [-0.2, -0.15) is 0 Å². The largest absolute Gasteiger partial charge is 0.311 e. The van der Waals surface area contributed by atoms with E-state index in [1.54, 1.807) is 41.7 Å². The van der Waals surface area contributed by atoms with Crippen LogP contribution in [0.15, 0.2) is 72.8 Å². The van der Waals surface area contributed by atoms with Gasteiger partial charge in [-0.1, -0.05) is 42.5 Å². The van der Waals surface area contributed by atoms with Gasteiger partial charge >= 0.3 is 0 Å². The molecule has 3 rings (SSSR count). The molecule has 0 heterocycles. The van der Waals surface area contributed by atoms with E-state index >= 15 is 0 Å². The van der Waals surface area contributed by atoms with Crippen LogP contribution in [0.4, 0.5) is 5.69 Å². The Kier molecular flexibility index (Phi) is 5.33. The highest BCUT2D eigenvalue weighted by molar-refractivity contribution is 6.06. The molecule has 0 aromatic heterocycles. The van der Waals surface area contributed by atoms with Crippen molar-refractivity contribution in [3.05, 3.63) is 89.5 Å². The van der Waals surface area contributed by atoms with E-state index in [1.165, 1.54) is 0 Å². The Labute approximate surface area is 157 Å². The summed E-state index contributed by atoms with van der Waals surface area (Å²) >= 11 is 0. The maximum Gasteiger partial charge on any atom is 0.274 e. The molecule has 0 aliphatic carbocycles. The van der Waals surface area contributed by atoms with E-state index in [9.17, 15) is 9.59 Å². The van der Waals surface area contributed by atoms with Gasteiger partial charge < -0.3 is 4.90 Å².